The van der Waals surface area contributed by atoms with E-state index < -0.39 is 11.1 Å². The molecule has 0 radical (unpaired) electrons. The van der Waals surface area contributed by atoms with Crippen LogP contribution in [0.4, 0.5) is 0 Å². The van der Waals surface area contributed by atoms with Gasteiger partial charge in [-0.3, -0.25) is 4.79 Å². The van der Waals surface area contributed by atoms with Gasteiger partial charge in [0, 0.05) is 6.54 Å². The summed E-state index contributed by atoms with van der Waals surface area (Å²) in [5.41, 5.74) is -1.45. The van der Waals surface area contributed by atoms with Gasteiger partial charge in [0.25, 0.3) is 0 Å². The van der Waals surface area contributed by atoms with Crippen LogP contribution in [0.2, 0.25) is 0 Å². The van der Waals surface area contributed by atoms with Crippen LogP contribution in [0.15, 0.2) is 0 Å². The molecule has 0 bridgehead atoms. The summed E-state index contributed by atoms with van der Waals surface area (Å²) in [6.45, 7) is 9.90. The molecule has 3 N–H and O–H groups in total. The predicted molar refractivity (Wildman–Crippen MR) is 57.1 cm³/mol. The Kier molecular flexibility index (Phi) is 4.55. The van der Waals surface area contributed by atoms with E-state index in [1.165, 1.54) is 0 Å². The topological polar surface area (TPSA) is 61.4 Å². The summed E-state index contributed by atoms with van der Waals surface area (Å²) >= 11 is 0. The number of aliphatic hydroxyl groups is 1. The number of amides is 1. The lowest BCUT2D eigenvalue weighted by Gasteiger charge is -2.26. The van der Waals surface area contributed by atoms with E-state index in [4.69, 9.17) is 0 Å². The molecule has 0 rings (SSSR count). The summed E-state index contributed by atoms with van der Waals surface area (Å²) in [7, 11) is 0. The highest BCUT2D eigenvalue weighted by Gasteiger charge is 2.27. The van der Waals surface area contributed by atoms with Crippen LogP contribution in [0.25, 0.3) is 0 Å². The van der Waals surface area contributed by atoms with Gasteiger partial charge in [-0.25, -0.2) is 0 Å². The van der Waals surface area contributed by atoms with Gasteiger partial charge in [0.15, 0.2) is 0 Å². The van der Waals surface area contributed by atoms with Crippen molar-refractivity contribution in [3.63, 3.8) is 0 Å². The molecule has 0 fully saturated rings. The van der Waals surface area contributed by atoms with Gasteiger partial charge in [0.05, 0.1) is 11.1 Å². The first-order chi connectivity index (χ1) is 6.19. The monoisotopic (exact) mass is 202 g/mol. The molecule has 14 heavy (non-hydrogen) atoms. The summed E-state index contributed by atoms with van der Waals surface area (Å²) in [6.07, 6.45) is 0. The molecule has 0 aliphatic rings. The molecule has 1 amide bonds. The molecule has 84 valence electrons. The maximum absolute atomic E-state index is 11.6. The second kappa shape index (κ2) is 4.75. The Bertz CT molecular complexity index is 195. The van der Waals surface area contributed by atoms with Crippen LogP contribution in [0.3, 0.4) is 0 Å². The minimum atomic E-state index is -0.863. The van der Waals surface area contributed by atoms with Crippen LogP contribution >= 0.6 is 0 Å². The smallest absolute Gasteiger partial charge is 0.239 e. The Hall–Kier alpha value is -0.610. The number of likely N-dealkylation sites (N-methyl/N-ethyl adjacent to an activating group) is 1. The van der Waals surface area contributed by atoms with Crippen LogP contribution in [-0.4, -0.2) is 35.2 Å². The van der Waals surface area contributed by atoms with Crippen LogP contribution in [0, 0.1) is 0 Å². The maximum Gasteiger partial charge on any atom is 0.239 e. The Balaban J connectivity index is 4.08. The van der Waals surface area contributed by atoms with Gasteiger partial charge in [-0.2, -0.15) is 0 Å². The highest BCUT2D eigenvalue weighted by Crippen LogP contribution is 2.03. The Morgan fingerprint density at radius 1 is 1.29 bits per heavy atom. The first kappa shape index (κ1) is 13.4. The van der Waals surface area contributed by atoms with E-state index in [0.29, 0.717) is 0 Å². The van der Waals surface area contributed by atoms with E-state index in [-0.39, 0.29) is 12.5 Å². The number of nitrogens with one attached hydrogen (secondary N) is 2. The normalized spacial score (nSPS) is 12.7. The van der Waals surface area contributed by atoms with E-state index in [9.17, 15) is 9.90 Å². The standard InChI is InChI=1S/C10H22N2O2/c1-6-12-10(4,5)8(13)11-7-9(2,3)14/h12,14H,6-7H2,1-5H3,(H,11,13). The summed E-state index contributed by atoms with van der Waals surface area (Å²) in [5.74, 6) is -0.0959. The summed E-state index contributed by atoms with van der Waals surface area (Å²) in [6, 6.07) is 0. The second-order valence-electron chi connectivity index (χ2n) is 4.65. The van der Waals surface area contributed by atoms with Gasteiger partial charge in [-0.05, 0) is 34.2 Å². The Morgan fingerprint density at radius 2 is 1.79 bits per heavy atom. The van der Waals surface area contributed by atoms with Crippen molar-refractivity contribution < 1.29 is 9.90 Å². The third kappa shape index (κ3) is 5.19. The van der Waals surface area contributed by atoms with Crippen LogP contribution in [-0.2, 0) is 4.79 Å². The van der Waals surface area contributed by atoms with Crippen molar-refractivity contribution in [3.8, 4) is 0 Å². The molecule has 0 aromatic heterocycles. The van der Waals surface area contributed by atoms with E-state index >= 15 is 0 Å². The fourth-order valence-corrected chi connectivity index (χ4v) is 1.04. The molecule has 0 spiro atoms. The quantitative estimate of drug-likeness (QED) is 0.599. The van der Waals surface area contributed by atoms with Crippen molar-refractivity contribution in [2.24, 2.45) is 0 Å². The molecule has 0 saturated heterocycles. The third-order valence-corrected chi connectivity index (χ3v) is 1.87. The van der Waals surface area contributed by atoms with Gasteiger partial charge in [-0.1, -0.05) is 6.92 Å². The van der Waals surface area contributed by atoms with Crippen molar-refractivity contribution >= 4 is 5.91 Å². The molecular formula is C10H22N2O2. The highest BCUT2D eigenvalue weighted by molar-refractivity contribution is 5.85. The summed E-state index contributed by atoms with van der Waals surface area (Å²) in [4.78, 5) is 11.6. The minimum Gasteiger partial charge on any atom is -0.389 e. The molecule has 0 aliphatic carbocycles. The maximum atomic E-state index is 11.6. The minimum absolute atomic E-state index is 0.0959. The molecule has 0 aliphatic heterocycles. The molecule has 0 heterocycles. The van der Waals surface area contributed by atoms with Gasteiger partial charge < -0.3 is 15.7 Å². The Labute approximate surface area is 86.1 Å². The first-order valence-corrected chi connectivity index (χ1v) is 4.95. The van der Waals surface area contributed by atoms with E-state index in [1.54, 1.807) is 13.8 Å². The van der Waals surface area contributed by atoms with Gasteiger partial charge in [0.1, 0.15) is 0 Å². The zero-order valence-electron chi connectivity index (χ0n) is 9.77. The lowest BCUT2D eigenvalue weighted by Crippen LogP contribution is -2.54. The van der Waals surface area contributed by atoms with Crippen molar-refractivity contribution in [1.82, 2.24) is 10.6 Å². The molecule has 0 unspecified atom stereocenters. The molecule has 0 saturated carbocycles. The van der Waals surface area contributed by atoms with E-state index in [0.717, 1.165) is 6.54 Å². The predicted octanol–water partition coefficient (Wildman–Crippen LogP) is 0.262. The molecular weight excluding hydrogens is 180 g/mol. The van der Waals surface area contributed by atoms with Crippen molar-refractivity contribution in [1.29, 1.82) is 0 Å². The lowest BCUT2D eigenvalue weighted by atomic mass is 10.0. The average molecular weight is 202 g/mol. The molecule has 0 aromatic carbocycles. The fraction of sp³-hybridized carbons (Fsp3) is 0.900. The van der Waals surface area contributed by atoms with Crippen molar-refractivity contribution in [3.05, 3.63) is 0 Å². The first-order valence-electron chi connectivity index (χ1n) is 4.95. The number of carbonyl (C=O) groups excluding carboxylic acids is 1. The van der Waals surface area contributed by atoms with Crippen LogP contribution in [0.5, 0.6) is 0 Å². The van der Waals surface area contributed by atoms with Gasteiger partial charge in [0.2, 0.25) is 5.91 Å². The summed E-state index contributed by atoms with van der Waals surface area (Å²) in [5, 5.41) is 15.2. The number of hydrogen-bond donors (Lipinski definition) is 3. The van der Waals surface area contributed by atoms with E-state index in [1.807, 2.05) is 20.8 Å². The Morgan fingerprint density at radius 3 is 2.14 bits per heavy atom. The molecule has 4 nitrogen and oxygen atoms in total. The highest BCUT2D eigenvalue weighted by atomic mass is 16.3. The summed E-state index contributed by atoms with van der Waals surface area (Å²) < 4.78 is 0. The van der Waals surface area contributed by atoms with Crippen molar-refractivity contribution in [2.45, 2.75) is 45.8 Å². The fourth-order valence-electron chi connectivity index (χ4n) is 1.04. The molecule has 0 aromatic rings. The van der Waals surface area contributed by atoms with Crippen molar-refractivity contribution in [2.75, 3.05) is 13.1 Å². The molecule has 4 heteroatoms. The zero-order chi connectivity index (χ0) is 11.4. The van der Waals surface area contributed by atoms with Crippen LogP contribution < -0.4 is 10.6 Å². The number of carbonyl (C=O) groups is 1. The largest absolute Gasteiger partial charge is 0.389 e. The van der Waals surface area contributed by atoms with Gasteiger partial charge >= 0.3 is 0 Å². The van der Waals surface area contributed by atoms with E-state index in [2.05, 4.69) is 10.6 Å². The number of rotatable bonds is 5. The van der Waals surface area contributed by atoms with Gasteiger partial charge in [-0.15, -0.1) is 0 Å². The number of hydrogen-bond acceptors (Lipinski definition) is 3. The zero-order valence-corrected chi connectivity index (χ0v) is 9.77. The average Bonchev–Trinajstić information content (AvgIpc) is 1.98. The second-order valence-corrected chi connectivity index (χ2v) is 4.65. The van der Waals surface area contributed by atoms with Crippen LogP contribution in [0.1, 0.15) is 34.6 Å². The third-order valence-electron chi connectivity index (χ3n) is 1.87. The molecule has 0 atom stereocenters. The SMILES string of the molecule is CCNC(C)(C)C(=O)NCC(C)(C)O. The lowest BCUT2D eigenvalue weighted by molar-refractivity contribution is -0.127.